The molecule has 0 bridgehead atoms. The molecule has 8 heteroatoms. The van der Waals surface area contributed by atoms with E-state index in [1.165, 1.54) is 0 Å². The number of hydrogen-bond acceptors (Lipinski definition) is 3. The van der Waals surface area contributed by atoms with E-state index in [9.17, 15) is 17.6 Å². The second-order valence-electron chi connectivity index (χ2n) is 4.20. The molecule has 0 spiro atoms. The zero-order chi connectivity index (χ0) is 14.2. The molecule has 104 valence electrons. The van der Waals surface area contributed by atoms with E-state index in [4.69, 9.17) is 22.3 Å². The van der Waals surface area contributed by atoms with Crippen LogP contribution in [0.1, 0.15) is 23.2 Å². The Hall–Kier alpha value is -0.850. The van der Waals surface area contributed by atoms with Crippen LogP contribution in [0.4, 0.5) is 4.39 Å². The van der Waals surface area contributed by atoms with Crippen molar-refractivity contribution in [1.29, 1.82) is 0 Å². The molecular weight excluding hydrogens is 316 g/mol. The molecule has 1 saturated heterocycles. The molecule has 1 heterocycles. The number of benzene rings is 1. The maximum atomic E-state index is 13.5. The third-order valence-electron chi connectivity index (χ3n) is 2.91. The van der Waals surface area contributed by atoms with E-state index >= 15 is 0 Å². The van der Waals surface area contributed by atoms with Crippen molar-refractivity contribution in [2.75, 3.05) is 13.1 Å². The summed E-state index contributed by atoms with van der Waals surface area (Å²) in [6.45, 7) is 1.16. The Morgan fingerprint density at radius 2 is 1.84 bits per heavy atom. The van der Waals surface area contributed by atoms with Crippen LogP contribution in [-0.4, -0.2) is 32.3 Å². The van der Waals surface area contributed by atoms with Crippen molar-refractivity contribution >= 4 is 37.2 Å². The number of carbonyl (C=O) groups excluding carboxylic acids is 1. The minimum atomic E-state index is -4.26. The average Bonchev–Trinajstić information content (AvgIpc) is 2.79. The summed E-state index contributed by atoms with van der Waals surface area (Å²) in [5, 5.41) is -0.126. The van der Waals surface area contributed by atoms with E-state index < -0.39 is 25.7 Å². The van der Waals surface area contributed by atoms with E-state index in [-0.39, 0.29) is 10.6 Å². The highest BCUT2D eigenvalue weighted by Crippen LogP contribution is 2.27. The first-order valence-electron chi connectivity index (χ1n) is 5.53. The van der Waals surface area contributed by atoms with Crippen LogP contribution in [0.2, 0.25) is 5.02 Å². The standard InChI is InChI=1S/C11H10Cl2FNO3S/c12-8-6-9(14)10(19(13,17)18)5-7(8)11(16)15-3-1-2-4-15/h5-6H,1-4H2. The van der Waals surface area contributed by atoms with E-state index in [1.807, 2.05) is 0 Å². The molecule has 0 atom stereocenters. The zero-order valence-corrected chi connectivity index (χ0v) is 12.0. The van der Waals surface area contributed by atoms with Gasteiger partial charge in [0.1, 0.15) is 10.7 Å². The van der Waals surface area contributed by atoms with E-state index in [1.54, 1.807) is 4.90 Å². The van der Waals surface area contributed by atoms with Crippen LogP contribution in [0.15, 0.2) is 17.0 Å². The first-order valence-corrected chi connectivity index (χ1v) is 8.22. The second kappa shape index (κ2) is 5.26. The van der Waals surface area contributed by atoms with Crippen molar-refractivity contribution in [3.63, 3.8) is 0 Å². The summed E-state index contributed by atoms with van der Waals surface area (Å²) in [5.74, 6) is -1.48. The van der Waals surface area contributed by atoms with Gasteiger partial charge in [-0.3, -0.25) is 4.79 Å². The summed E-state index contributed by atoms with van der Waals surface area (Å²) in [6.07, 6.45) is 1.76. The summed E-state index contributed by atoms with van der Waals surface area (Å²) in [7, 11) is 0.855. The van der Waals surface area contributed by atoms with E-state index in [2.05, 4.69) is 0 Å². The van der Waals surface area contributed by atoms with Crippen molar-refractivity contribution in [2.24, 2.45) is 0 Å². The highest BCUT2D eigenvalue weighted by molar-refractivity contribution is 8.13. The first-order chi connectivity index (χ1) is 8.80. The number of nitrogens with zero attached hydrogens (tertiary/aromatic N) is 1. The van der Waals surface area contributed by atoms with Gasteiger partial charge in [0, 0.05) is 23.8 Å². The molecule has 0 radical (unpaired) electrons. The molecule has 1 amide bonds. The number of hydrogen-bond donors (Lipinski definition) is 0. The van der Waals surface area contributed by atoms with Gasteiger partial charge in [-0.05, 0) is 25.0 Å². The fourth-order valence-electron chi connectivity index (χ4n) is 1.97. The Labute approximate surface area is 119 Å². The molecule has 4 nitrogen and oxygen atoms in total. The molecule has 0 unspecified atom stereocenters. The zero-order valence-electron chi connectivity index (χ0n) is 9.70. The number of amides is 1. The van der Waals surface area contributed by atoms with Gasteiger partial charge in [-0.15, -0.1) is 0 Å². The van der Waals surface area contributed by atoms with Gasteiger partial charge >= 0.3 is 0 Å². The van der Waals surface area contributed by atoms with Crippen molar-refractivity contribution in [1.82, 2.24) is 4.90 Å². The monoisotopic (exact) mass is 325 g/mol. The molecule has 1 aliphatic heterocycles. The fraction of sp³-hybridized carbons (Fsp3) is 0.364. The molecular formula is C11H10Cl2FNO3S. The number of rotatable bonds is 2. The predicted octanol–water partition coefficient (Wildman–Crippen LogP) is 2.64. The SMILES string of the molecule is O=C(c1cc(S(=O)(=O)Cl)c(F)cc1Cl)N1CCCC1. The molecule has 19 heavy (non-hydrogen) atoms. The molecule has 1 aromatic carbocycles. The highest BCUT2D eigenvalue weighted by atomic mass is 35.7. The van der Waals surface area contributed by atoms with E-state index in [0.717, 1.165) is 25.0 Å². The van der Waals surface area contributed by atoms with Crippen molar-refractivity contribution in [2.45, 2.75) is 17.7 Å². The molecule has 0 saturated carbocycles. The maximum Gasteiger partial charge on any atom is 0.264 e. The van der Waals surface area contributed by atoms with Gasteiger partial charge in [0.15, 0.2) is 0 Å². The molecule has 0 N–H and O–H groups in total. The Balaban J connectivity index is 2.48. The molecule has 0 aliphatic carbocycles. The van der Waals surface area contributed by atoms with Crippen LogP contribution >= 0.6 is 22.3 Å². The Morgan fingerprint density at radius 1 is 1.26 bits per heavy atom. The lowest BCUT2D eigenvalue weighted by atomic mass is 10.2. The third kappa shape index (κ3) is 3.01. The average molecular weight is 326 g/mol. The third-order valence-corrected chi connectivity index (χ3v) is 4.56. The van der Waals surface area contributed by atoms with Crippen LogP contribution in [-0.2, 0) is 9.05 Å². The van der Waals surface area contributed by atoms with Crippen LogP contribution in [0, 0.1) is 5.82 Å². The van der Waals surface area contributed by atoms with Crippen LogP contribution in [0.5, 0.6) is 0 Å². The van der Waals surface area contributed by atoms with Gasteiger partial charge in [-0.25, -0.2) is 12.8 Å². The lowest BCUT2D eigenvalue weighted by molar-refractivity contribution is 0.0792. The number of carbonyl (C=O) groups is 1. The van der Waals surface area contributed by atoms with E-state index in [0.29, 0.717) is 13.1 Å². The Kier molecular flexibility index (Phi) is 4.03. The first kappa shape index (κ1) is 14.6. The van der Waals surface area contributed by atoms with Gasteiger partial charge in [0.25, 0.3) is 15.0 Å². The molecule has 1 fully saturated rings. The second-order valence-corrected chi connectivity index (χ2v) is 7.14. The van der Waals surface area contributed by atoms with Gasteiger partial charge in [-0.2, -0.15) is 0 Å². The summed E-state index contributed by atoms with van der Waals surface area (Å²) >= 11 is 5.80. The summed E-state index contributed by atoms with van der Waals surface area (Å²) in [5.41, 5.74) is -0.0517. The number of likely N-dealkylation sites (tertiary alicyclic amines) is 1. The summed E-state index contributed by atoms with van der Waals surface area (Å²) in [6, 6.07) is 1.68. The van der Waals surface area contributed by atoms with Gasteiger partial charge in [0.2, 0.25) is 0 Å². The fourth-order valence-corrected chi connectivity index (χ4v) is 3.11. The van der Waals surface area contributed by atoms with Gasteiger partial charge in [-0.1, -0.05) is 11.6 Å². The molecule has 0 aromatic heterocycles. The summed E-state index contributed by atoms with van der Waals surface area (Å²) < 4.78 is 35.9. The minimum absolute atomic E-state index is 0.0517. The molecule has 2 rings (SSSR count). The van der Waals surface area contributed by atoms with Crippen molar-refractivity contribution in [3.05, 3.63) is 28.5 Å². The molecule has 1 aromatic rings. The Morgan fingerprint density at radius 3 is 2.37 bits per heavy atom. The van der Waals surface area contributed by atoms with Gasteiger partial charge in [0.05, 0.1) is 10.6 Å². The summed E-state index contributed by atoms with van der Waals surface area (Å²) in [4.78, 5) is 12.9. The maximum absolute atomic E-state index is 13.5. The molecule has 1 aliphatic rings. The highest BCUT2D eigenvalue weighted by Gasteiger charge is 2.26. The Bertz CT molecular complexity index is 627. The lowest BCUT2D eigenvalue weighted by Crippen LogP contribution is -2.28. The lowest BCUT2D eigenvalue weighted by Gasteiger charge is -2.16. The topological polar surface area (TPSA) is 54.5 Å². The van der Waals surface area contributed by atoms with Crippen molar-refractivity contribution in [3.8, 4) is 0 Å². The largest absolute Gasteiger partial charge is 0.339 e. The normalized spacial score (nSPS) is 15.8. The number of halogens is 3. The van der Waals surface area contributed by atoms with Crippen molar-refractivity contribution < 1.29 is 17.6 Å². The minimum Gasteiger partial charge on any atom is -0.339 e. The smallest absolute Gasteiger partial charge is 0.264 e. The van der Waals surface area contributed by atoms with Crippen LogP contribution < -0.4 is 0 Å². The van der Waals surface area contributed by atoms with Gasteiger partial charge < -0.3 is 4.90 Å². The quantitative estimate of drug-likeness (QED) is 0.785. The van der Waals surface area contributed by atoms with Crippen LogP contribution in [0.3, 0.4) is 0 Å². The van der Waals surface area contributed by atoms with Crippen LogP contribution in [0.25, 0.3) is 0 Å². The predicted molar refractivity (Wildman–Crippen MR) is 69.6 cm³/mol.